The minimum atomic E-state index is -0.652. The van der Waals surface area contributed by atoms with E-state index in [9.17, 15) is 19.2 Å². The second-order valence-electron chi connectivity index (χ2n) is 5.50. The van der Waals surface area contributed by atoms with E-state index >= 15 is 0 Å². The molecule has 8 nitrogen and oxygen atoms in total. The molecule has 1 aromatic heterocycles. The van der Waals surface area contributed by atoms with Crippen molar-refractivity contribution in [2.75, 3.05) is 25.6 Å². The number of ether oxygens (including phenoxy) is 3. The number of aldehydes is 1. The van der Waals surface area contributed by atoms with Crippen LogP contribution in [-0.4, -0.2) is 44.5 Å². The van der Waals surface area contributed by atoms with Crippen molar-refractivity contribution in [2.24, 2.45) is 0 Å². The summed E-state index contributed by atoms with van der Waals surface area (Å²) in [5, 5.41) is 2.74. The molecule has 0 spiro atoms. The van der Waals surface area contributed by atoms with Crippen LogP contribution in [0.3, 0.4) is 0 Å². The Morgan fingerprint density at radius 1 is 1.21 bits per heavy atom. The van der Waals surface area contributed by atoms with Gasteiger partial charge in [-0.05, 0) is 31.5 Å². The first kappa shape index (κ1) is 21.1. The summed E-state index contributed by atoms with van der Waals surface area (Å²) in [6.45, 7) is 3.02. The first-order valence-corrected chi connectivity index (χ1v) is 9.09. The number of rotatable bonds is 8. The zero-order chi connectivity index (χ0) is 20.7. The van der Waals surface area contributed by atoms with Crippen LogP contribution in [0.25, 0.3) is 0 Å². The quantitative estimate of drug-likeness (QED) is 0.531. The van der Waals surface area contributed by atoms with Gasteiger partial charge in [-0.25, -0.2) is 9.59 Å². The van der Waals surface area contributed by atoms with Gasteiger partial charge in [-0.3, -0.25) is 9.59 Å². The van der Waals surface area contributed by atoms with Gasteiger partial charge in [0.25, 0.3) is 5.91 Å². The molecule has 0 unspecified atom stereocenters. The molecule has 0 aliphatic rings. The van der Waals surface area contributed by atoms with E-state index in [2.05, 4.69) is 5.32 Å². The lowest BCUT2D eigenvalue weighted by atomic mass is 10.1. The van der Waals surface area contributed by atoms with Gasteiger partial charge in [-0.2, -0.15) is 0 Å². The van der Waals surface area contributed by atoms with Crippen molar-refractivity contribution in [3.8, 4) is 5.75 Å². The van der Waals surface area contributed by atoms with Crippen LogP contribution in [0.15, 0.2) is 24.3 Å². The summed E-state index contributed by atoms with van der Waals surface area (Å²) in [7, 11) is 1.23. The smallest absolute Gasteiger partial charge is 0.348 e. The summed E-state index contributed by atoms with van der Waals surface area (Å²) in [6, 6.07) is 6.33. The van der Waals surface area contributed by atoms with Crippen LogP contribution in [0.2, 0.25) is 0 Å². The SMILES string of the molecule is CCOC(=O)c1c(NC(=O)COc2cccc(C=O)c2)sc(C(=O)OC)c1C. The maximum Gasteiger partial charge on any atom is 0.348 e. The fourth-order valence-electron chi connectivity index (χ4n) is 2.33. The number of amides is 1. The molecule has 0 radical (unpaired) electrons. The topological polar surface area (TPSA) is 108 Å². The Kier molecular flexibility index (Phi) is 7.28. The van der Waals surface area contributed by atoms with E-state index in [1.165, 1.54) is 13.2 Å². The maximum atomic E-state index is 12.3. The summed E-state index contributed by atoms with van der Waals surface area (Å²) < 4.78 is 15.1. The Balaban J connectivity index is 2.18. The van der Waals surface area contributed by atoms with Crippen molar-refractivity contribution in [1.29, 1.82) is 0 Å². The van der Waals surface area contributed by atoms with Gasteiger partial charge in [0.15, 0.2) is 6.61 Å². The summed E-state index contributed by atoms with van der Waals surface area (Å²) in [4.78, 5) is 47.4. The molecular formula is C19H19NO7S. The number of carbonyl (C=O) groups excluding carboxylic acids is 4. The molecule has 0 fully saturated rings. The molecule has 0 aliphatic carbocycles. The zero-order valence-corrected chi connectivity index (χ0v) is 16.4. The van der Waals surface area contributed by atoms with Crippen LogP contribution >= 0.6 is 11.3 Å². The van der Waals surface area contributed by atoms with E-state index in [0.717, 1.165) is 11.3 Å². The number of methoxy groups -OCH3 is 1. The van der Waals surface area contributed by atoms with E-state index in [0.29, 0.717) is 23.2 Å². The molecule has 1 N–H and O–H groups in total. The van der Waals surface area contributed by atoms with Crippen LogP contribution < -0.4 is 10.1 Å². The van der Waals surface area contributed by atoms with Gasteiger partial charge in [0.1, 0.15) is 21.9 Å². The van der Waals surface area contributed by atoms with E-state index in [4.69, 9.17) is 14.2 Å². The van der Waals surface area contributed by atoms with Crippen LogP contribution in [0, 0.1) is 6.92 Å². The largest absolute Gasteiger partial charge is 0.484 e. The summed E-state index contributed by atoms with van der Waals surface area (Å²) in [5.74, 6) is -1.46. The number of nitrogens with one attached hydrogen (secondary N) is 1. The summed E-state index contributed by atoms with van der Waals surface area (Å²) >= 11 is 0.920. The molecule has 0 saturated heterocycles. The molecule has 0 aliphatic heterocycles. The number of hydrogen-bond donors (Lipinski definition) is 1. The highest BCUT2D eigenvalue weighted by molar-refractivity contribution is 7.18. The Bertz CT molecular complexity index is 904. The first-order valence-electron chi connectivity index (χ1n) is 8.27. The third-order valence-corrected chi connectivity index (χ3v) is 4.80. The highest BCUT2D eigenvalue weighted by Crippen LogP contribution is 2.34. The lowest BCUT2D eigenvalue weighted by Crippen LogP contribution is -2.21. The highest BCUT2D eigenvalue weighted by atomic mass is 32.1. The molecular weight excluding hydrogens is 386 g/mol. The number of hydrogen-bond acceptors (Lipinski definition) is 8. The van der Waals surface area contributed by atoms with Crippen molar-refractivity contribution in [2.45, 2.75) is 13.8 Å². The van der Waals surface area contributed by atoms with Gasteiger partial charge in [0.2, 0.25) is 0 Å². The number of benzene rings is 1. The standard InChI is InChI=1S/C19H19NO7S/c1-4-26-18(23)15-11(2)16(19(24)25-3)28-17(15)20-14(22)10-27-13-7-5-6-12(8-13)9-21/h5-9H,4,10H2,1-3H3,(H,20,22). The van der Waals surface area contributed by atoms with Crippen molar-refractivity contribution < 1.29 is 33.4 Å². The fourth-order valence-corrected chi connectivity index (χ4v) is 3.46. The second kappa shape index (κ2) is 9.65. The minimum absolute atomic E-state index is 0.101. The fraction of sp³-hybridized carbons (Fsp3) is 0.263. The van der Waals surface area contributed by atoms with E-state index in [1.807, 2.05) is 0 Å². The molecule has 0 atom stereocenters. The molecule has 9 heteroatoms. The van der Waals surface area contributed by atoms with E-state index < -0.39 is 17.8 Å². The molecule has 1 heterocycles. The van der Waals surface area contributed by atoms with Crippen LogP contribution in [-0.2, 0) is 14.3 Å². The molecule has 2 rings (SSSR count). The number of anilines is 1. The van der Waals surface area contributed by atoms with E-state index in [1.54, 1.807) is 32.0 Å². The third-order valence-electron chi connectivity index (χ3n) is 3.61. The Morgan fingerprint density at radius 3 is 2.61 bits per heavy atom. The Morgan fingerprint density at radius 2 is 1.96 bits per heavy atom. The van der Waals surface area contributed by atoms with Crippen LogP contribution in [0.1, 0.15) is 42.9 Å². The average molecular weight is 405 g/mol. The van der Waals surface area contributed by atoms with Crippen molar-refractivity contribution >= 4 is 40.5 Å². The Hall–Kier alpha value is -3.20. The highest BCUT2D eigenvalue weighted by Gasteiger charge is 2.27. The molecule has 148 valence electrons. The molecule has 2 aromatic rings. The predicted molar refractivity (Wildman–Crippen MR) is 102 cm³/mol. The molecule has 1 aromatic carbocycles. The number of carbonyl (C=O) groups is 4. The molecule has 0 saturated carbocycles. The Labute approximate surface area is 165 Å². The van der Waals surface area contributed by atoms with Gasteiger partial charge in [-0.15, -0.1) is 11.3 Å². The van der Waals surface area contributed by atoms with Gasteiger partial charge in [0.05, 0.1) is 19.3 Å². The van der Waals surface area contributed by atoms with Crippen LogP contribution in [0.5, 0.6) is 5.75 Å². The van der Waals surface area contributed by atoms with E-state index in [-0.39, 0.29) is 28.7 Å². The van der Waals surface area contributed by atoms with Crippen molar-refractivity contribution in [3.05, 3.63) is 45.8 Å². The lowest BCUT2D eigenvalue weighted by Gasteiger charge is -2.08. The van der Waals surface area contributed by atoms with Gasteiger partial charge in [-0.1, -0.05) is 12.1 Å². The molecule has 0 bridgehead atoms. The lowest BCUT2D eigenvalue weighted by molar-refractivity contribution is -0.118. The first-order chi connectivity index (χ1) is 13.4. The monoisotopic (exact) mass is 405 g/mol. The van der Waals surface area contributed by atoms with Crippen molar-refractivity contribution in [3.63, 3.8) is 0 Å². The number of thiophene rings is 1. The predicted octanol–water partition coefficient (Wildman–Crippen LogP) is 2.85. The maximum absolute atomic E-state index is 12.3. The number of esters is 2. The minimum Gasteiger partial charge on any atom is -0.484 e. The van der Waals surface area contributed by atoms with Gasteiger partial charge < -0.3 is 19.5 Å². The zero-order valence-electron chi connectivity index (χ0n) is 15.6. The summed E-state index contributed by atoms with van der Waals surface area (Å²) in [5.41, 5.74) is 0.882. The normalized spacial score (nSPS) is 10.1. The third kappa shape index (κ3) is 4.95. The van der Waals surface area contributed by atoms with Crippen LogP contribution in [0.4, 0.5) is 5.00 Å². The molecule has 1 amide bonds. The summed E-state index contributed by atoms with van der Waals surface area (Å²) in [6.07, 6.45) is 0.668. The molecule has 28 heavy (non-hydrogen) atoms. The van der Waals surface area contributed by atoms with Crippen molar-refractivity contribution in [1.82, 2.24) is 0 Å². The average Bonchev–Trinajstić information content (AvgIpc) is 3.02. The van der Waals surface area contributed by atoms with Gasteiger partial charge >= 0.3 is 11.9 Å². The van der Waals surface area contributed by atoms with Gasteiger partial charge in [0, 0.05) is 5.56 Å². The second-order valence-corrected chi connectivity index (χ2v) is 6.52.